The van der Waals surface area contributed by atoms with E-state index in [0.717, 1.165) is 17.9 Å². The fourth-order valence-electron chi connectivity index (χ4n) is 0.797. The van der Waals surface area contributed by atoms with Crippen molar-refractivity contribution < 1.29 is 28.8 Å². The van der Waals surface area contributed by atoms with Crippen LogP contribution in [0.2, 0.25) is 5.09 Å². The van der Waals surface area contributed by atoms with Gasteiger partial charge in [0, 0.05) is 0 Å². The average Bonchev–Trinajstić information content (AvgIpc) is 2.11. The number of rotatable bonds is 5. The predicted molar refractivity (Wildman–Crippen MR) is 59.8 cm³/mol. The van der Waals surface area contributed by atoms with Gasteiger partial charge in [-0.3, -0.25) is 0 Å². The molecule has 0 radical (unpaired) electrons. The molecule has 0 rings (SSSR count). The third-order valence-electron chi connectivity index (χ3n) is 1.45. The van der Waals surface area contributed by atoms with Crippen LogP contribution < -0.4 is 0 Å². The van der Waals surface area contributed by atoms with Crippen molar-refractivity contribution in [1.82, 2.24) is 0 Å². The number of esters is 1. The minimum atomic E-state index is -4.64. The number of hydrogen-bond acceptors (Lipinski definition) is 3. The molecule has 0 saturated carbocycles. The van der Waals surface area contributed by atoms with Crippen LogP contribution in [0.5, 0.6) is 0 Å². The summed E-state index contributed by atoms with van der Waals surface area (Å²) in [6.45, 7) is 5.22. The quantitative estimate of drug-likeness (QED) is 0.283. The van der Waals surface area contributed by atoms with Crippen molar-refractivity contribution in [3.63, 3.8) is 0 Å². The molecule has 0 saturated heterocycles. The van der Waals surface area contributed by atoms with Gasteiger partial charge in [0.15, 0.2) is 0 Å². The molecule has 0 bridgehead atoms. The first-order valence-electron chi connectivity index (χ1n) is 4.82. The molecular weight excluding hydrogens is 230 g/mol. The first-order valence-corrected chi connectivity index (χ1v) is 6.38. The molecule has 16 heavy (non-hydrogen) atoms. The fourth-order valence-corrected chi connectivity index (χ4v) is 0.797. The molecule has 0 aliphatic rings. The van der Waals surface area contributed by atoms with Gasteiger partial charge in [0.05, 0.1) is 0 Å². The Labute approximate surface area is 104 Å². The van der Waals surface area contributed by atoms with Gasteiger partial charge in [-0.2, -0.15) is 0 Å². The Morgan fingerprint density at radius 1 is 1.56 bits per heavy atom. The average molecular weight is 246 g/mol. The molecule has 1 unspecified atom stereocenters. The molecule has 6 nitrogen and oxygen atoms in total. The van der Waals surface area contributed by atoms with E-state index in [4.69, 9.17) is 24.0 Å². The molecule has 0 aliphatic carbocycles. The monoisotopic (exact) mass is 246 g/mol. The van der Waals surface area contributed by atoms with Crippen molar-refractivity contribution in [1.29, 1.82) is 0 Å². The number of carbonyl (C=O) groups is 1. The topological polar surface area (TPSA) is 104 Å². The molecule has 90 valence electrons. The predicted octanol–water partition coefficient (Wildman–Crippen LogP) is 0.542. The van der Waals surface area contributed by atoms with Crippen LogP contribution in [-0.2, 0) is 14.1 Å². The Morgan fingerprint density at radius 2 is 2.00 bits per heavy atom. The third kappa shape index (κ3) is 23.6. The van der Waals surface area contributed by atoms with E-state index < -0.39 is 7.82 Å². The van der Waals surface area contributed by atoms with Crippen LogP contribution in [0.15, 0.2) is 12.7 Å². The minimum absolute atomic E-state index is 0.0282. The molecule has 0 aromatic heterocycles. The van der Waals surface area contributed by atoms with E-state index in [2.05, 4.69) is 24.3 Å². The van der Waals surface area contributed by atoms with Crippen molar-refractivity contribution >= 4 is 31.5 Å². The van der Waals surface area contributed by atoms with Crippen LogP contribution in [0.3, 0.4) is 0 Å². The van der Waals surface area contributed by atoms with Gasteiger partial charge in [-0.15, -0.1) is 0 Å². The van der Waals surface area contributed by atoms with Crippen LogP contribution in [0.4, 0.5) is 0 Å². The number of carbonyl (C=O) groups excluding carboxylic acids is 1. The van der Waals surface area contributed by atoms with E-state index in [0.29, 0.717) is 0 Å². The normalized spacial score (nSPS) is 12.1. The summed E-state index contributed by atoms with van der Waals surface area (Å²) < 4.78 is 13.8. The van der Waals surface area contributed by atoms with Crippen LogP contribution in [0.1, 0.15) is 19.8 Å². The maximum absolute atomic E-state index is 10.6. The second-order valence-electron chi connectivity index (χ2n) is 3.11. The Hall–Kier alpha value is -0.0826. The van der Waals surface area contributed by atoms with E-state index in [-0.39, 0.29) is 12.1 Å². The van der Waals surface area contributed by atoms with Crippen molar-refractivity contribution in [3.05, 3.63) is 12.7 Å². The van der Waals surface area contributed by atoms with Crippen LogP contribution in [-0.4, -0.2) is 44.5 Å². The first-order chi connectivity index (χ1) is 7.20. The van der Waals surface area contributed by atoms with Crippen molar-refractivity contribution in [2.75, 3.05) is 0 Å². The molecule has 0 aromatic rings. The van der Waals surface area contributed by atoms with Gasteiger partial charge in [0.2, 0.25) is 0 Å². The van der Waals surface area contributed by atoms with Crippen LogP contribution in [0.25, 0.3) is 0 Å². The van der Waals surface area contributed by atoms with E-state index in [9.17, 15) is 4.79 Å². The van der Waals surface area contributed by atoms with E-state index >= 15 is 0 Å². The number of hydrogen-bond donors (Lipinski definition) is 3. The molecule has 0 amide bonds. The molecular formula is C8H16LiO6P. The van der Waals surface area contributed by atoms with Crippen LogP contribution >= 0.6 is 7.82 Å². The summed E-state index contributed by atoms with van der Waals surface area (Å²) in [7, 11) is -4.64. The Morgan fingerprint density at radius 3 is 2.31 bits per heavy atom. The summed E-state index contributed by atoms with van der Waals surface area (Å²) in [5.74, 6) is -0.325. The molecule has 3 N–H and O–H groups in total. The molecule has 0 aromatic carbocycles. The maximum atomic E-state index is 10.6. The second kappa shape index (κ2) is 10.1. The summed E-state index contributed by atoms with van der Waals surface area (Å²) in [4.78, 5) is 32.2. The standard InChI is InChI=1S/C8H13O2.Li.H3O4P/c1-4-6-7(3)10-8(9)5-2;;1-5(2,3)4/h5,7H,1-2,4,6H2,3H3;;(H3,1,2,3,4). The van der Waals surface area contributed by atoms with Gasteiger partial charge in [-0.1, -0.05) is 0 Å². The summed E-state index contributed by atoms with van der Waals surface area (Å²) in [5.41, 5.74) is 0. The van der Waals surface area contributed by atoms with Gasteiger partial charge < -0.3 is 14.7 Å². The summed E-state index contributed by atoms with van der Waals surface area (Å²) in [5, 5.41) is 1.13. The van der Waals surface area contributed by atoms with E-state index in [1.807, 2.05) is 6.92 Å². The summed E-state index contributed by atoms with van der Waals surface area (Å²) in [6.07, 6.45) is 3.27. The van der Waals surface area contributed by atoms with E-state index in [1.54, 1.807) is 0 Å². The SMILES string of the molecule is O=P(O)(O)O.[Li][CH2]CCC(C)OC(=O)C=C. The Bertz CT molecular complexity index is 243. The molecule has 1 atom stereocenters. The van der Waals surface area contributed by atoms with Gasteiger partial charge in [0.25, 0.3) is 0 Å². The first kappa shape index (κ1) is 18.3. The van der Waals surface area contributed by atoms with Gasteiger partial charge in [0.1, 0.15) is 0 Å². The molecule has 8 heteroatoms. The molecule has 0 aliphatic heterocycles. The fraction of sp³-hybridized carbons (Fsp3) is 0.625. The van der Waals surface area contributed by atoms with Crippen LogP contribution in [0, 0.1) is 0 Å². The Balaban J connectivity index is 0. The van der Waals surface area contributed by atoms with E-state index in [1.165, 1.54) is 6.08 Å². The summed E-state index contributed by atoms with van der Waals surface area (Å²) in [6, 6.07) is 0. The van der Waals surface area contributed by atoms with Gasteiger partial charge >= 0.3 is 84.7 Å². The zero-order valence-electron chi connectivity index (χ0n) is 9.50. The molecule has 0 heterocycles. The molecule has 0 spiro atoms. The van der Waals surface area contributed by atoms with Gasteiger partial charge in [-0.25, -0.2) is 4.57 Å². The van der Waals surface area contributed by atoms with Crippen molar-refractivity contribution in [3.8, 4) is 0 Å². The van der Waals surface area contributed by atoms with Gasteiger partial charge in [-0.05, 0) is 0 Å². The van der Waals surface area contributed by atoms with Crippen molar-refractivity contribution in [2.24, 2.45) is 0 Å². The molecule has 0 fully saturated rings. The third-order valence-corrected chi connectivity index (χ3v) is 1.45. The second-order valence-corrected chi connectivity index (χ2v) is 4.13. The summed E-state index contributed by atoms with van der Waals surface area (Å²) >= 11 is 2.11. The zero-order valence-corrected chi connectivity index (χ0v) is 10.4. The Kier molecular flexibility index (Phi) is 11.5. The van der Waals surface area contributed by atoms with Crippen molar-refractivity contribution in [2.45, 2.75) is 31.0 Å². The number of ether oxygens (including phenoxy) is 1. The number of phosphoric acid groups is 1. The zero-order chi connectivity index (χ0) is 13.2.